The average molecular weight is 268 g/mol. The van der Waals surface area contributed by atoms with Crippen molar-refractivity contribution in [2.24, 2.45) is 0 Å². The minimum Gasteiger partial charge on any atom is -0.423 e. The molecule has 20 heavy (non-hydrogen) atoms. The van der Waals surface area contributed by atoms with E-state index in [-0.39, 0.29) is 17.0 Å². The highest BCUT2D eigenvalue weighted by Gasteiger charge is 2.11. The van der Waals surface area contributed by atoms with Crippen molar-refractivity contribution < 1.29 is 14.5 Å². The summed E-state index contributed by atoms with van der Waals surface area (Å²) in [5.74, 6) is -0.401. The normalized spacial score (nSPS) is 9.55. The van der Waals surface area contributed by atoms with Crippen LogP contribution in [0.5, 0.6) is 5.75 Å². The van der Waals surface area contributed by atoms with Gasteiger partial charge in [-0.25, -0.2) is 4.79 Å². The maximum atomic E-state index is 11.8. The fraction of sp³-hybridized carbons (Fsp3) is 0. The number of nitrogens with zero attached hydrogens (tertiary/aromatic N) is 2. The maximum Gasteiger partial charge on any atom is 0.343 e. The van der Waals surface area contributed by atoms with E-state index in [9.17, 15) is 14.9 Å². The molecule has 0 amide bonds. The molecule has 0 aliphatic heterocycles. The lowest BCUT2D eigenvalue weighted by atomic mass is 10.2. The lowest BCUT2D eigenvalue weighted by Crippen LogP contribution is -2.08. The molecule has 0 fully saturated rings. The molecule has 0 aliphatic carbocycles. The van der Waals surface area contributed by atoms with E-state index in [0.717, 1.165) is 0 Å². The van der Waals surface area contributed by atoms with Crippen LogP contribution in [0.2, 0.25) is 0 Å². The van der Waals surface area contributed by atoms with Crippen molar-refractivity contribution in [1.29, 1.82) is 5.26 Å². The first-order valence-electron chi connectivity index (χ1n) is 5.57. The van der Waals surface area contributed by atoms with Crippen LogP contribution in [0.4, 0.5) is 5.69 Å². The number of nitriles is 1. The Morgan fingerprint density at radius 1 is 1.20 bits per heavy atom. The van der Waals surface area contributed by atoms with Crippen LogP contribution in [0, 0.1) is 21.4 Å². The Hall–Kier alpha value is -3.20. The zero-order valence-electron chi connectivity index (χ0n) is 10.1. The Morgan fingerprint density at radius 3 is 2.50 bits per heavy atom. The van der Waals surface area contributed by atoms with E-state index >= 15 is 0 Å². The van der Waals surface area contributed by atoms with Crippen molar-refractivity contribution in [3.8, 4) is 11.8 Å². The second kappa shape index (κ2) is 5.63. The molecule has 2 rings (SSSR count). The predicted molar refractivity (Wildman–Crippen MR) is 69.2 cm³/mol. The molecule has 0 N–H and O–H groups in total. The molecule has 0 bridgehead atoms. The third-order valence-electron chi connectivity index (χ3n) is 2.49. The highest BCUT2D eigenvalue weighted by Crippen LogP contribution is 2.16. The number of hydrogen-bond acceptors (Lipinski definition) is 5. The van der Waals surface area contributed by atoms with Crippen LogP contribution in [0.15, 0.2) is 48.5 Å². The Balaban J connectivity index is 2.15. The van der Waals surface area contributed by atoms with Gasteiger partial charge in [-0.05, 0) is 30.3 Å². The predicted octanol–water partition coefficient (Wildman–Crippen LogP) is 2.69. The van der Waals surface area contributed by atoms with Gasteiger partial charge in [0, 0.05) is 12.1 Å². The molecule has 0 saturated heterocycles. The van der Waals surface area contributed by atoms with Crippen molar-refractivity contribution in [2.75, 3.05) is 0 Å². The molecular weight excluding hydrogens is 260 g/mol. The summed E-state index contributed by atoms with van der Waals surface area (Å²) < 4.78 is 5.08. The minimum absolute atomic E-state index is 0.104. The molecule has 0 atom stereocenters. The van der Waals surface area contributed by atoms with Crippen molar-refractivity contribution in [3.63, 3.8) is 0 Å². The number of benzene rings is 2. The van der Waals surface area contributed by atoms with Gasteiger partial charge in [0.25, 0.3) is 5.69 Å². The van der Waals surface area contributed by atoms with Gasteiger partial charge in [0.1, 0.15) is 5.75 Å². The van der Waals surface area contributed by atoms with E-state index in [1.165, 1.54) is 30.3 Å². The summed E-state index contributed by atoms with van der Waals surface area (Å²) in [6, 6.07) is 13.2. The fourth-order valence-electron chi connectivity index (χ4n) is 1.51. The van der Waals surface area contributed by atoms with Crippen LogP contribution < -0.4 is 4.74 Å². The second-order valence-electron chi connectivity index (χ2n) is 3.83. The fourth-order valence-corrected chi connectivity index (χ4v) is 1.51. The quantitative estimate of drug-likeness (QED) is 0.369. The number of nitro groups is 1. The highest BCUT2D eigenvalue weighted by molar-refractivity contribution is 5.91. The van der Waals surface area contributed by atoms with Gasteiger partial charge < -0.3 is 4.74 Å². The SMILES string of the molecule is N#Cc1cccc(OC(=O)c2ccc([N+](=O)[O-])cc2)c1. The Morgan fingerprint density at radius 2 is 1.90 bits per heavy atom. The smallest absolute Gasteiger partial charge is 0.343 e. The van der Waals surface area contributed by atoms with E-state index in [1.54, 1.807) is 18.2 Å². The van der Waals surface area contributed by atoms with Crippen LogP contribution in [-0.2, 0) is 0 Å². The summed E-state index contributed by atoms with van der Waals surface area (Å²) in [6.07, 6.45) is 0. The van der Waals surface area contributed by atoms with Gasteiger partial charge >= 0.3 is 5.97 Å². The number of carbonyl (C=O) groups excluding carboxylic acids is 1. The van der Waals surface area contributed by atoms with Crippen molar-refractivity contribution >= 4 is 11.7 Å². The van der Waals surface area contributed by atoms with E-state index < -0.39 is 10.9 Å². The number of non-ortho nitro benzene ring substituents is 1. The third-order valence-corrected chi connectivity index (χ3v) is 2.49. The van der Waals surface area contributed by atoms with Crippen LogP contribution in [-0.4, -0.2) is 10.9 Å². The third kappa shape index (κ3) is 2.97. The van der Waals surface area contributed by atoms with Gasteiger partial charge in [-0.1, -0.05) is 6.07 Å². The van der Waals surface area contributed by atoms with Gasteiger partial charge in [-0.15, -0.1) is 0 Å². The van der Waals surface area contributed by atoms with E-state index in [4.69, 9.17) is 10.00 Å². The zero-order valence-corrected chi connectivity index (χ0v) is 10.1. The number of rotatable bonds is 3. The molecule has 0 spiro atoms. The van der Waals surface area contributed by atoms with Gasteiger partial charge in [0.2, 0.25) is 0 Å². The number of ether oxygens (including phenoxy) is 1. The molecule has 0 aromatic heterocycles. The topological polar surface area (TPSA) is 93.2 Å². The first-order chi connectivity index (χ1) is 9.60. The zero-order chi connectivity index (χ0) is 14.5. The first-order valence-corrected chi connectivity index (χ1v) is 5.57. The lowest BCUT2D eigenvalue weighted by molar-refractivity contribution is -0.384. The van der Waals surface area contributed by atoms with E-state index in [1.807, 2.05) is 6.07 Å². The molecule has 98 valence electrons. The van der Waals surface area contributed by atoms with Crippen LogP contribution in [0.25, 0.3) is 0 Å². The number of nitro benzene ring substituents is 1. The van der Waals surface area contributed by atoms with Crippen LogP contribution in [0.3, 0.4) is 0 Å². The molecular formula is C14H8N2O4. The molecule has 0 saturated carbocycles. The molecule has 0 radical (unpaired) electrons. The second-order valence-corrected chi connectivity index (χ2v) is 3.83. The lowest BCUT2D eigenvalue weighted by Gasteiger charge is -2.04. The maximum absolute atomic E-state index is 11.8. The van der Waals surface area contributed by atoms with Gasteiger partial charge in [0.05, 0.1) is 22.1 Å². The Kier molecular flexibility index (Phi) is 3.72. The molecule has 6 heteroatoms. The number of carbonyl (C=O) groups is 1. The van der Waals surface area contributed by atoms with E-state index in [2.05, 4.69) is 0 Å². The van der Waals surface area contributed by atoms with E-state index in [0.29, 0.717) is 5.56 Å². The summed E-state index contributed by atoms with van der Waals surface area (Å²) in [7, 11) is 0. The standard InChI is InChI=1S/C14H8N2O4/c15-9-10-2-1-3-13(8-10)20-14(17)11-4-6-12(7-5-11)16(18)19/h1-8H. The summed E-state index contributed by atoms with van der Waals surface area (Å²) in [5, 5.41) is 19.2. The largest absolute Gasteiger partial charge is 0.423 e. The van der Waals surface area contributed by atoms with Crippen molar-refractivity contribution in [1.82, 2.24) is 0 Å². The summed E-state index contributed by atoms with van der Waals surface area (Å²) >= 11 is 0. The van der Waals surface area contributed by atoms with Crippen molar-refractivity contribution in [2.45, 2.75) is 0 Å². The molecule has 2 aromatic rings. The molecule has 0 aliphatic rings. The number of hydrogen-bond donors (Lipinski definition) is 0. The highest BCUT2D eigenvalue weighted by atomic mass is 16.6. The monoisotopic (exact) mass is 268 g/mol. The van der Waals surface area contributed by atoms with Crippen molar-refractivity contribution in [3.05, 3.63) is 69.8 Å². The molecule has 0 heterocycles. The Labute approximate surface area is 114 Å². The Bertz CT molecular complexity index is 702. The average Bonchev–Trinajstić information content (AvgIpc) is 2.47. The molecule has 6 nitrogen and oxygen atoms in total. The first kappa shape index (κ1) is 13.2. The van der Waals surface area contributed by atoms with Gasteiger partial charge in [0.15, 0.2) is 0 Å². The van der Waals surface area contributed by atoms with Crippen LogP contribution >= 0.6 is 0 Å². The van der Waals surface area contributed by atoms with Gasteiger partial charge in [-0.2, -0.15) is 5.26 Å². The molecule has 2 aromatic carbocycles. The van der Waals surface area contributed by atoms with Crippen LogP contribution in [0.1, 0.15) is 15.9 Å². The summed E-state index contributed by atoms with van der Waals surface area (Å²) in [6.45, 7) is 0. The molecule has 0 unspecified atom stereocenters. The van der Waals surface area contributed by atoms with Gasteiger partial charge in [-0.3, -0.25) is 10.1 Å². The summed E-state index contributed by atoms with van der Waals surface area (Å²) in [4.78, 5) is 21.8. The summed E-state index contributed by atoms with van der Waals surface area (Å²) in [5.41, 5.74) is 0.463. The number of esters is 1. The minimum atomic E-state index is -0.644.